The van der Waals surface area contributed by atoms with E-state index in [1.165, 1.54) is 18.4 Å². The molecule has 3 nitrogen and oxygen atoms in total. The quantitative estimate of drug-likeness (QED) is 0.676. The highest BCUT2D eigenvalue weighted by Crippen LogP contribution is 2.24. The fraction of sp³-hybridized carbons (Fsp3) is 0.500. The minimum Gasteiger partial charge on any atom is -0.384 e. The van der Waals surface area contributed by atoms with Crippen LogP contribution in [0.4, 0.5) is 5.82 Å². The van der Waals surface area contributed by atoms with Gasteiger partial charge < -0.3 is 11.1 Å². The van der Waals surface area contributed by atoms with E-state index in [1.54, 1.807) is 0 Å². The molecule has 0 aliphatic carbocycles. The Kier molecular flexibility index (Phi) is 2.45. The number of nitrogens with zero attached hydrogens (tertiary/aromatic N) is 1. The van der Waals surface area contributed by atoms with Gasteiger partial charge in [0.1, 0.15) is 5.82 Å². The van der Waals surface area contributed by atoms with Gasteiger partial charge in [0.15, 0.2) is 0 Å². The molecule has 2 rings (SSSR count). The van der Waals surface area contributed by atoms with Gasteiger partial charge in [-0.1, -0.05) is 6.07 Å². The van der Waals surface area contributed by atoms with Crippen LogP contribution in [0, 0.1) is 0 Å². The number of pyridine rings is 1. The Morgan fingerprint density at radius 1 is 1.31 bits per heavy atom. The first-order chi connectivity index (χ1) is 6.36. The molecule has 3 N–H and O–H groups in total. The third kappa shape index (κ3) is 1.98. The Labute approximate surface area is 78.4 Å². The molecule has 0 aromatic carbocycles. The second-order valence-electron chi connectivity index (χ2n) is 3.54. The van der Waals surface area contributed by atoms with Crippen LogP contribution in [0.2, 0.25) is 0 Å². The van der Waals surface area contributed by atoms with Crippen LogP contribution >= 0.6 is 0 Å². The van der Waals surface area contributed by atoms with Crippen molar-refractivity contribution in [3.63, 3.8) is 0 Å². The number of hydrogen-bond donors (Lipinski definition) is 2. The van der Waals surface area contributed by atoms with Crippen LogP contribution in [-0.4, -0.2) is 18.1 Å². The summed E-state index contributed by atoms with van der Waals surface area (Å²) < 4.78 is 0. The lowest BCUT2D eigenvalue weighted by atomic mass is 9.91. The van der Waals surface area contributed by atoms with Gasteiger partial charge in [-0.05, 0) is 43.5 Å². The summed E-state index contributed by atoms with van der Waals surface area (Å²) >= 11 is 0. The van der Waals surface area contributed by atoms with E-state index in [0.717, 1.165) is 13.1 Å². The van der Waals surface area contributed by atoms with Crippen molar-refractivity contribution in [1.82, 2.24) is 10.3 Å². The highest BCUT2D eigenvalue weighted by atomic mass is 14.9. The number of rotatable bonds is 1. The molecular formula is C10H15N3. The molecule has 2 heterocycles. The Bertz CT molecular complexity index is 262. The van der Waals surface area contributed by atoms with Gasteiger partial charge in [-0.3, -0.25) is 0 Å². The van der Waals surface area contributed by atoms with E-state index in [-0.39, 0.29) is 0 Å². The lowest BCUT2D eigenvalue weighted by molar-refractivity contribution is 0.459. The molecule has 0 bridgehead atoms. The van der Waals surface area contributed by atoms with Crippen LogP contribution in [0.1, 0.15) is 24.3 Å². The van der Waals surface area contributed by atoms with Gasteiger partial charge in [-0.2, -0.15) is 0 Å². The summed E-state index contributed by atoms with van der Waals surface area (Å²) in [6, 6.07) is 3.98. The summed E-state index contributed by atoms with van der Waals surface area (Å²) in [7, 11) is 0. The van der Waals surface area contributed by atoms with Crippen molar-refractivity contribution in [1.29, 1.82) is 0 Å². The molecule has 0 amide bonds. The summed E-state index contributed by atoms with van der Waals surface area (Å²) in [6.45, 7) is 2.24. The third-order valence-electron chi connectivity index (χ3n) is 2.62. The van der Waals surface area contributed by atoms with Crippen LogP contribution in [0.3, 0.4) is 0 Å². The fourth-order valence-corrected chi connectivity index (χ4v) is 1.81. The molecular weight excluding hydrogens is 162 g/mol. The lowest BCUT2D eigenvalue weighted by Crippen LogP contribution is -2.26. The number of piperidine rings is 1. The average molecular weight is 177 g/mol. The Hall–Kier alpha value is -1.09. The lowest BCUT2D eigenvalue weighted by Gasteiger charge is -2.22. The van der Waals surface area contributed by atoms with Crippen molar-refractivity contribution in [2.75, 3.05) is 18.8 Å². The zero-order valence-electron chi connectivity index (χ0n) is 7.66. The number of nitrogens with one attached hydrogen (secondary N) is 1. The first-order valence-corrected chi connectivity index (χ1v) is 4.78. The number of nitrogen functional groups attached to an aromatic ring is 1. The molecule has 0 radical (unpaired) electrons. The van der Waals surface area contributed by atoms with Crippen LogP contribution in [0.5, 0.6) is 0 Å². The molecule has 1 saturated heterocycles. The summed E-state index contributed by atoms with van der Waals surface area (Å²) in [5.74, 6) is 1.28. The van der Waals surface area contributed by atoms with Crippen molar-refractivity contribution in [2.45, 2.75) is 18.8 Å². The van der Waals surface area contributed by atoms with Gasteiger partial charge in [-0.15, -0.1) is 0 Å². The van der Waals surface area contributed by atoms with Crippen LogP contribution in [-0.2, 0) is 0 Å². The van der Waals surface area contributed by atoms with E-state index in [2.05, 4.69) is 16.4 Å². The molecule has 0 atom stereocenters. The number of aromatic nitrogens is 1. The second kappa shape index (κ2) is 3.75. The Morgan fingerprint density at radius 3 is 2.69 bits per heavy atom. The van der Waals surface area contributed by atoms with E-state index in [0.29, 0.717) is 11.7 Å². The summed E-state index contributed by atoms with van der Waals surface area (Å²) in [5, 5.41) is 3.35. The molecule has 1 aromatic heterocycles. The molecule has 1 aromatic rings. The largest absolute Gasteiger partial charge is 0.384 e. The fourth-order valence-electron chi connectivity index (χ4n) is 1.81. The maximum Gasteiger partial charge on any atom is 0.123 e. The van der Waals surface area contributed by atoms with E-state index in [9.17, 15) is 0 Å². The molecule has 0 saturated carbocycles. The van der Waals surface area contributed by atoms with Crippen LogP contribution in [0.15, 0.2) is 18.3 Å². The van der Waals surface area contributed by atoms with Crippen molar-refractivity contribution < 1.29 is 0 Å². The normalized spacial score (nSPS) is 18.8. The van der Waals surface area contributed by atoms with E-state index in [4.69, 9.17) is 5.73 Å². The first kappa shape index (κ1) is 8.51. The Balaban J connectivity index is 2.10. The topological polar surface area (TPSA) is 50.9 Å². The highest BCUT2D eigenvalue weighted by molar-refractivity contribution is 5.30. The molecule has 1 fully saturated rings. The Morgan fingerprint density at radius 2 is 2.08 bits per heavy atom. The number of nitrogens with two attached hydrogens (primary N) is 1. The van der Waals surface area contributed by atoms with E-state index >= 15 is 0 Å². The minimum atomic E-state index is 0.609. The van der Waals surface area contributed by atoms with Crippen LogP contribution < -0.4 is 11.1 Å². The average Bonchev–Trinajstić information content (AvgIpc) is 2.20. The van der Waals surface area contributed by atoms with Gasteiger partial charge in [0.05, 0.1) is 0 Å². The highest BCUT2D eigenvalue weighted by Gasteiger charge is 2.14. The molecule has 13 heavy (non-hydrogen) atoms. The van der Waals surface area contributed by atoms with Crippen molar-refractivity contribution in [2.24, 2.45) is 0 Å². The SMILES string of the molecule is Nc1ccc(C2CCNCC2)cn1. The number of hydrogen-bond acceptors (Lipinski definition) is 3. The van der Waals surface area contributed by atoms with Gasteiger partial charge in [0.2, 0.25) is 0 Å². The molecule has 0 spiro atoms. The van der Waals surface area contributed by atoms with Crippen LogP contribution in [0.25, 0.3) is 0 Å². The van der Waals surface area contributed by atoms with Crippen molar-refractivity contribution in [3.8, 4) is 0 Å². The smallest absolute Gasteiger partial charge is 0.123 e. The predicted octanol–water partition coefficient (Wildman–Crippen LogP) is 1.13. The number of anilines is 1. The summed E-state index contributed by atoms with van der Waals surface area (Å²) in [4.78, 5) is 4.11. The third-order valence-corrected chi connectivity index (χ3v) is 2.62. The minimum absolute atomic E-state index is 0.609. The van der Waals surface area contributed by atoms with Gasteiger partial charge in [0.25, 0.3) is 0 Å². The monoisotopic (exact) mass is 177 g/mol. The van der Waals surface area contributed by atoms with E-state index in [1.807, 2.05) is 12.3 Å². The maximum atomic E-state index is 5.53. The van der Waals surface area contributed by atoms with Gasteiger partial charge in [-0.25, -0.2) is 4.98 Å². The maximum absolute atomic E-state index is 5.53. The summed E-state index contributed by atoms with van der Waals surface area (Å²) in [6.07, 6.45) is 4.34. The van der Waals surface area contributed by atoms with Crippen molar-refractivity contribution in [3.05, 3.63) is 23.9 Å². The molecule has 1 aliphatic heterocycles. The van der Waals surface area contributed by atoms with Gasteiger partial charge in [0, 0.05) is 6.20 Å². The van der Waals surface area contributed by atoms with Gasteiger partial charge >= 0.3 is 0 Å². The second-order valence-corrected chi connectivity index (χ2v) is 3.54. The first-order valence-electron chi connectivity index (χ1n) is 4.78. The predicted molar refractivity (Wildman–Crippen MR) is 53.5 cm³/mol. The molecule has 1 aliphatic rings. The standard InChI is InChI=1S/C10H15N3/c11-10-2-1-9(7-13-10)8-3-5-12-6-4-8/h1-2,7-8,12H,3-6H2,(H2,11,13). The molecule has 70 valence electrons. The summed E-state index contributed by atoms with van der Waals surface area (Å²) in [5.41, 5.74) is 6.86. The van der Waals surface area contributed by atoms with E-state index < -0.39 is 0 Å². The zero-order chi connectivity index (χ0) is 9.10. The zero-order valence-corrected chi connectivity index (χ0v) is 7.66. The molecule has 0 unspecified atom stereocenters. The molecule has 3 heteroatoms. The van der Waals surface area contributed by atoms with Crippen molar-refractivity contribution >= 4 is 5.82 Å².